The van der Waals surface area contributed by atoms with Crippen LogP contribution in [0.3, 0.4) is 0 Å². The molecule has 0 heterocycles. The second kappa shape index (κ2) is 5.39. The smallest absolute Gasteiger partial charge is 0.325 e. The Morgan fingerprint density at radius 3 is 2.44 bits per heavy atom. The molecule has 0 aromatic heterocycles. The molecule has 0 unspecified atom stereocenters. The zero-order valence-electron chi connectivity index (χ0n) is 9.13. The van der Waals surface area contributed by atoms with Gasteiger partial charge in [0.2, 0.25) is 0 Å². The van der Waals surface area contributed by atoms with E-state index in [1.54, 1.807) is 0 Å². The van der Waals surface area contributed by atoms with Gasteiger partial charge in [-0.3, -0.25) is 4.79 Å². The highest BCUT2D eigenvalue weighted by molar-refractivity contribution is 5.92. The third-order valence-corrected chi connectivity index (χ3v) is 1.96. The Bertz CT molecular complexity index is 494. The third-order valence-electron chi connectivity index (χ3n) is 1.96. The number of urea groups is 1. The Hall–Kier alpha value is -2.25. The van der Waals surface area contributed by atoms with E-state index < -0.39 is 41.2 Å². The van der Waals surface area contributed by atoms with Crippen molar-refractivity contribution in [2.75, 3.05) is 5.32 Å². The molecule has 0 spiro atoms. The van der Waals surface area contributed by atoms with E-state index in [4.69, 9.17) is 5.11 Å². The molecule has 98 valence electrons. The molecule has 0 fully saturated rings. The number of amides is 2. The molecule has 18 heavy (non-hydrogen) atoms. The van der Waals surface area contributed by atoms with E-state index in [9.17, 15) is 22.8 Å². The van der Waals surface area contributed by atoms with Gasteiger partial charge in [-0.2, -0.15) is 0 Å². The first kappa shape index (κ1) is 13.8. The quantitative estimate of drug-likeness (QED) is 0.725. The summed E-state index contributed by atoms with van der Waals surface area (Å²) in [6, 6.07) is -1.43. The molecular weight excluding hydrogens is 253 g/mol. The molecule has 0 saturated heterocycles. The lowest BCUT2D eigenvalue weighted by Crippen LogP contribution is -2.41. The van der Waals surface area contributed by atoms with Gasteiger partial charge in [0, 0.05) is 12.1 Å². The molecule has 0 aliphatic heterocycles. The number of anilines is 1. The van der Waals surface area contributed by atoms with Crippen molar-refractivity contribution in [3.8, 4) is 0 Å². The average Bonchev–Trinajstić information content (AvgIpc) is 2.24. The zero-order valence-corrected chi connectivity index (χ0v) is 9.13. The van der Waals surface area contributed by atoms with Crippen molar-refractivity contribution >= 4 is 17.7 Å². The lowest BCUT2D eigenvalue weighted by molar-refractivity contribution is -0.138. The number of aliphatic carboxylic acids is 1. The fourth-order valence-corrected chi connectivity index (χ4v) is 1.06. The van der Waals surface area contributed by atoms with E-state index in [0.717, 1.165) is 0 Å². The summed E-state index contributed by atoms with van der Waals surface area (Å²) in [6.45, 7) is 1.17. The number of hydrogen-bond donors (Lipinski definition) is 3. The monoisotopic (exact) mass is 262 g/mol. The summed E-state index contributed by atoms with van der Waals surface area (Å²) in [5.41, 5.74) is -0.720. The lowest BCUT2D eigenvalue weighted by Gasteiger charge is -2.11. The maximum atomic E-state index is 13.1. The van der Waals surface area contributed by atoms with E-state index >= 15 is 0 Å². The number of nitrogens with one attached hydrogen (secondary N) is 2. The van der Waals surface area contributed by atoms with Gasteiger partial charge >= 0.3 is 12.0 Å². The molecule has 1 aromatic carbocycles. The second-order valence-corrected chi connectivity index (χ2v) is 3.41. The molecule has 0 bridgehead atoms. The van der Waals surface area contributed by atoms with E-state index in [1.165, 1.54) is 6.92 Å². The summed E-state index contributed by atoms with van der Waals surface area (Å²) in [7, 11) is 0. The number of rotatable bonds is 3. The molecule has 8 heteroatoms. The molecule has 0 aliphatic carbocycles. The zero-order chi connectivity index (χ0) is 13.9. The van der Waals surface area contributed by atoms with Gasteiger partial charge in [-0.05, 0) is 6.92 Å². The van der Waals surface area contributed by atoms with Crippen molar-refractivity contribution in [2.24, 2.45) is 0 Å². The van der Waals surface area contributed by atoms with Crippen molar-refractivity contribution in [1.29, 1.82) is 0 Å². The normalized spacial score (nSPS) is 11.8. The Kier molecular flexibility index (Phi) is 4.13. The summed E-state index contributed by atoms with van der Waals surface area (Å²) in [5, 5.41) is 12.2. The first-order chi connectivity index (χ1) is 8.31. The van der Waals surface area contributed by atoms with Crippen LogP contribution >= 0.6 is 0 Å². The van der Waals surface area contributed by atoms with Crippen molar-refractivity contribution in [1.82, 2.24) is 5.32 Å². The van der Waals surface area contributed by atoms with E-state index in [2.05, 4.69) is 0 Å². The van der Waals surface area contributed by atoms with Gasteiger partial charge in [0.25, 0.3) is 0 Å². The summed E-state index contributed by atoms with van der Waals surface area (Å²) in [6.07, 6.45) is 0. The van der Waals surface area contributed by atoms with E-state index in [1.807, 2.05) is 10.6 Å². The van der Waals surface area contributed by atoms with Crippen LogP contribution in [0.1, 0.15) is 6.92 Å². The molecule has 1 rings (SSSR count). The van der Waals surface area contributed by atoms with Crippen molar-refractivity contribution in [2.45, 2.75) is 13.0 Å². The summed E-state index contributed by atoms with van der Waals surface area (Å²) >= 11 is 0. The molecule has 0 radical (unpaired) electrons. The standard InChI is InChI=1S/C10H9F3N2O3/c1-4(9(16)17)14-10(18)15-7-3-5(11)2-6(12)8(7)13/h2-4H,1H3,(H,16,17)(H2,14,15,18)/t4-/m1/s1. The number of hydrogen-bond acceptors (Lipinski definition) is 2. The Balaban J connectivity index is 2.79. The third kappa shape index (κ3) is 3.37. The number of carbonyl (C=O) groups is 2. The summed E-state index contributed by atoms with van der Waals surface area (Å²) < 4.78 is 38.7. The number of carboxylic acid groups (broad SMARTS) is 1. The Morgan fingerprint density at radius 1 is 1.28 bits per heavy atom. The fraction of sp³-hybridized carbons (Fsp3) is 0.200. The highest BCUT2D eigenvalue weighted by atomic mass is 19.2. The van der Waals surface area contributed by atoms with Crippen LogP contribution in [-0.4, -0.2) is 23.1 Å². The minimum absolute atomic E-state index is 0.318. The van der Waals surface area contributed by atoms with Crippen LogP contribution in [-0.2, 0) is 4.79 Å². The van der Waals surface area contributed by atoms with Crippen LogP contribution in [0.5, 0.6) is 0 Å². The maximum absolute atomic E-state index is 13.1. The molecule has 2 amide bonds. The second-order valence-electron chi connectivity index (χ2n) is 3.41. The van der Waals surface area contributed by atoms with Gasteiger partial charge in [0.15, 0.2) is 11.6 Å². The van der Waals surface area contributed by atoms with Gasteiger partial charge < -0.3 is 15.7 Å². The van der Waals surface area contributed by atoms with Crippen LogP contribution in [0.25, 0.3) is 0 Å². The fourth-order valence-electron chi connectivity index (χ4n) is 1.06. The number of carbonyl (C=O) groups excluding carboxylic acids is 1. The molecule has 1 atom stereocenters. The van der Waals surface area contributed by atoms with Gasteiger partial charge in [-0.1, -0.05) is 0 Å². The highest BCUT2D eigenvalue weighted by Crippen LogP contribution is 2.18. The van der Waals surface area contributed by atoms with Gasteiger partial charge in [0.05, 0.1) is 5.69 Å². The maximum Gasteiger partial charge on any atom is 0.325 e. The molecule has 3 N–H and O–H groups in total. The number of halogens is 3. The first-order valence-corrected chi connectivity index (χ1v) is 4.76. The van der Waals surface area contributed by atoms with Crippen LogP contribution < -0.4 is 10.6 Å². The van der Waals surface area contributed by atoms with Gasteiger partial charge in [-0.25, -0.2) is 18.0 Å². The minimum atomic E-state index is -1.46. The van der Waals surface area contributed by atoms with Crippen LogP contribution in [0.15, 0.2) is 12.1 Å². The molecule has 5 nitrogen and oxygen atoms in total. The lowest BCUT2D eigenvalue weighted by atomic mass is 10.3. The molecular formula is C10H9F3N2O3. The van der Waals surface area contributed by atoms with Gasteiger partial charge in [0.1, 0.15) is 11.9 Å². The first-order valence-electron chi connectivity index (χ1n) is 4.76. The van der Waals surface area contributed by atoms with Crippen LogP contribution in [0.2, 0.25) is 0 Å². The topological polar surface area (TPSA) is 78.4 Å². The Morgan fingerprint density at radius 2 is 1.89 bits per heavy atom. The van der Waals surface area contributed by atoms with Crippen LogP contribution in [0.4, 0.5) is 23.7 Å². The van der Waals surface area contributed by atoms with Crippen molar-refractivity contribution in [3.63, 3.8) is 0 Å². The average molecular weight is 262 g/mol. The van der Waals surface area contributed by atoms with Crippen molar-refractivity contribution < 1.29 is 27.9 Å². The van der Waals surface area contributed by atoms with Gasteiger partial charge in [-0.15, -0.1) is 0 Å². The Labute approximate surface area is 99.6 Å². The summed E-state index contributed by atoms with van der Waals surface area (Å²) in [4.78, 5) is 21.6. The predicted molar refractivity (Wildman–Crippen MR) is 55.6 cm³/mol. The SMILES string of the molecule is C[C@@H](NC(=O)Nc1cc(F)cc(F)c1F)C(=O)O. The molecule has 0 aliphatic rings. The van der Waals surface area contributed by atoms with Crippen molar-refractivity contribution in [3.05, 3.63) is 29.6 Å². The number of benzene rings is 1. The van der Waals surface area contributed by atoms with E-state index in [0.29, 0.717) is 12.1 Å². The van der Waals surface area contributed by atoms with E-state index in [-0.39, 0.29) is 0 Å². The predicted octanol–water partition coefficient (Wildman–Crippen LogP) is 1.70. The summed E-state index contributed by atoms with van der Waals surface area (Å²) in [5.74, 6) is -5.28. The minimum Gasteiger partial charge on any atom is -0.480 e. The highest BCUT2D eigenvalue weighted by Gasteiger charge is 2.17. The molecule has 1 aromatic rings. The number of carboxylic acids is 1. The largest absolute Gasteiger partial charge is 0.480 e. The van der Waals surface area contributed by atoms with Crippen LogP contribution in [0, 0.1) is 17.5 Å². The molecule has 0 saturated carbocycles.